The first-order valence-electron chi connectivity index (χ1n) is 11.1. The summed E-state index contributed by atoms with van der Waals surface area (Å²) in [7, 11) is 1.40. The van der Waals surface area contributed by atoms with Gasteiger partial charge in [-0.2, -0.15) is 4.52 Å². The topological polar surface area (TPSA) is 138 Å². The molecule has 0 spiro atoms. The normalized spacial score (nSPS) is 15.1. The number of hydrogen-bond acceptors (Lipinski definition) is 9. The highest BCUT2D eigenvalue weighted by Crippen LogP contribution is 2.29. The number of nitrogens with two attached hydrogens (primary N) is 1. The summed E-state index contributed by atoms with van der Waals surface area (Å²) < 4.78 is 38.3. The van der Waals surface area contributed by atoms with Crippen LogP contribution in [0.1, 0.15) is 21.9 Å². The van der Waals surface area contributed by atoms with E-state index in [-0.39, 0.29) is 42.0 Å². The molecule has 0 radical (unpaired) electrons. The van der Waals surface area contributed by atoms with Crippen molar-refractivity contribution in [1.82, 2.24) is 29.7 Å². The first-order chi connectivity index (χ1) is 17.8. The monoisotopic (exact) mass is 509 g/mol. The molecule has 37 heavy (non-hydrogen) atoms. The lowest BCUT2D eigenvalue weighted by Gasteiger charge is -2.38. The van der Waals surface area contributed by atoms with Crippen LogP contribution in [0.2, 0.25) is 0 Å². The molecule has 1 aromatic carbocycles. The van der Waals surface area contributed by atoms with Crippen molar-refractivity contribution in [1.29, 1.82) is 0 Å². The van der Waals surface area contributed by atoms with Crippen LogP contribution in [0.4, 0.5) is 8.78 Å². The van der Waals surface area contributed by atoms with E-state index in [1.54, 1.807) is 6.07 Å². The average Bonchev–Trinajstić information content (AvgIpc) is 3.30. The molecule has 0 bridgehead atoms. The Morgan fingerprint density at radius 1 is 1.14 bits per heavy atom. The first kappa shape index (κ1) is 24.2. The summed E-state index contributed by atoms with van der Waals surface area (Å²) in [6, 6.07) is 10.4. The predicted molar refractivity (Wildman–Crippen MR) is 127 cm³/mol. The predicted octanol–water partition coefficient (Wildman–Crippen LogP) is 1.86. The number of benzene rings is 1. The van der Waals surface area contributed by atoms with Crippen molar-refractivity contribution in [3.63, 3.8) is 0 Å². The third-order valence-electron chi connectivity index (χ3n) is 5.65. The SMILES string of the molecule is COCC(=O)C=C(N)c1nnc2c3ccccc3c(OCc3ccc(C(=O)N4CC(F)(F)C4)cn3)nn12. The fourth-order valence-corrected chi connectivity index (χ4v) is 3.88. The Labute approximate surface area is 208 Å². The second kappa shape index (κ2) is 9.50. The first-order valence-corrected chi connectivity index (χ1v) is 11.1. The molecule has 190 valence electrons. The van der Waals surface area contributed by atoms with Crippen molar-refractivity contribution < 1.29 is 27.8 Å². The number of rotatable bonds is 8. The standard InChI is InChI=1S/C24H21F2N7O4/c1-36-11-16(34)8-19(27)21-30-29-20-17-4-2-3-5-18(17)22(31-33(20)21)37-10-15-7-6-14(9-28-15)23(35)32-12-24(25,26)13-32/h2-9H,10-13,27H2,1H3. The summed E-state index contributed by atoms with van der Waals surface area (Å²) >= 11 is 0. The maximum Gasteiger partial charge on any atom is 0.282 e. The molecular formula is C24H21F2N7O4. The van der Waals surface area contributed by atoms with Crippen LogP contribution in [0.15, 0.2) is 48.7 Å². The van der Waals surface area contributed by atoms with Gasteiger partial charge in [0.1, 0.15) is 13.2 Å². The number of fused-ring (bicyclic) bond motifs is 3. The van der Waals surface area contributed by atoms with Gasteiger partial charge in [0.15, 0.2) is 11.4 Å². The number of hydrogen-bond donors (Lipinski definition) is 1. The van der Waals surface area contributed by atoms with Crippen LogP contribution < -0.4 is 10.5 Å². The van der Waals surface area contributed by atoms with Crippen molar-refractivity contribution in [2.45, 2.75) is 12.5 Å². The lowest BCUT2D eigenvalue weighted by atomic mass is 10.1. The molecular weight excluding hydrogens is 488 g/mol. The van der Waals surface area contributed by atoms with E-state index in [4.69, 9.17) is 15.2 Å². The zero-order valence-corrected chi connectivity index (χ0v) is 19.6. The van der Waals surface area contributed by atoms with E-state index in [2.05, 4.69) is 20.3 Å². The number of aromatic nitrogens is 5. The summed E-state index contributed by atoms with van der Waals surface area (Å²) in [5.41, 5.74) is 7.27. The van der Waals surface area contributed by atoms with E-state index < -0.39 is 24.9 Å². The van der Waals surface area contributed by atoms with Gasteiger partial charge in [-0.3, -0.25) is 14.6 Å². The van der Waals surface area contributed by atoms with Crippen LogP contribution in [-0.2, 0) is 16.1 Å². The lowest BCUT2D eigenvalue weighted by molar-refractivity contribution is -0.118. The Morgan fingerprint density at radius 3 is 2.57 bits per heavy atom. The van der Waals surface area contributed by atoms with Crippen LogP contribution in [0.5, 0.6) is 5.88 Å². The zero-order valence-electron chi connectivity index (χ0n) is 19.6. The molecule has 1 fully saturated rings. The van der Waals surface area contributed by atoms with Crippen molar-refractivity contribution in [3.05, 3.63) is 65.8 Å². The van der Waals surface area contributed by atoms with Crippen LogP contribution in [0, 0.1) is 0 Å². The van der Waals surface area contributed by atoms with E-state index in [1.807, 2.05) is 24.3 Å². The number of halogens is 2. The molecule has 1 saturated heterocycles. The number of likely N-dealkylation sites (tertiary alicyclic amines) is 1. The maximum atomic E-state index is 13.1. The number of ketones is 1. The number of amides is 1. The number of carbonyl (C=O) groups is 2. The Balaban J connectivity index is 1.40. The number of methoxy groups -OCH3 is 1. The van der Waals surface area contributed by atoms with Gasteiger partial charge in [0.2, 0.25) is 11.7 Å². The molecule has 11 nitrogen and oxygen atoms in total. The van der Waals surface area contributed by atoms with Gasteiger partial charge >= 0.3 is 0 Å². The molecule has 4 heterocycles. The Morgan fingerprint density at radius 2 is 1.89 bits per heavy atom. The largest absolute Gasteiger partial charge is 0.470 e. The molecule has 13 heteroatoms. The lowest BCUT2D eigenvalue weighted by Crippen LogP contribution is -2.58. The highest BCUT2D eigenvalue weighted by atomic mass is 19.3. The Hall–Kier alpha value is -4.52. The van der Waals surface area contributed by atoms with Gasteiger partial charge in [-0.15, -0.1) is 15.3 Å². The molecule has 0 atom stereocenters. The quantitative estimate of drug-likeness (QED) is 0.353. The minimum absolute atomic E-state index is 0.00780. The molecule has 4 aromatic rings. The molecule has 1 aliphatic rings. The van der Waals surface area contributed by atoms with E-state index in [0.29, 0.717) is 22.1 Å². The number of alkyl halides is 2. The fraction of sp³-hybridized carbons (Fsp3) is 0.250. The molecule has 1 amide bonds. The van der Waals surface area contributed by atoms with Gasteiger partial charge in [-0.05, 0) is 18.2 Å². The highest BCUT2D eigenvalue weighted by Gasteiger charge is 2.46. The summed E-state index contributed by atoms with van der Waals surface area (Å²) in [4.78, 5) is 29.5. The summed E-state index contributed by atoms with van der Waals surface area (Å²) in [6.45, 7) is -1.32. The van der Waals surface area contributed by atoms with Gasteiger partial charge in [-0.1, -0.05) is 18.2 Å². The molecule has 0 unspecified atom stereocenters. The molecule has 2 N–H and O–H groups in total. The van der Waals surface area contributed by atoms with Crippen LogP contribution >= 0.6 is 0 Å². The highest BCUT2D eigenvalue weighted by molar-refractivity contribution is 5.98. The number of pyridine rings is 1. The van der Waals surface area contributed by atoms with Crippen molar-refractivity contribution >= 4 is 33.8 Å². The second-order valence-electron chi connectivity index (χ2n) is 8.45. The van der Waals surface area contributed by atoms with Gasteiger partial charge in [0, 0.05) is 30.2 Å². The van der Waals surface area contributed by atoms with Gasteiger partial charge in [-0.25, -0.2) is 8.78 Å². The fourth-order valence-electron chi connectivity index (χ4n) is 3.88. The van der Waals surface area contributed by atoms with Gasteiger partial charge in [0.05, 0.1) is 30.0 Å². The molecule has 1 aliphatic heterocycles. The third-order valence-corrected chi connectivity index (χ3v) is 5.65. The number of nitrogens with zero attached hydrogens (tertiary/aromatic N) is 6. The van der Waals surface area contributed by atoms with Crippen molar-refractivity contribution in [3.8, 4) is 5.88 Å². The van der Waals surface area contributed by atoms with Crippen molar-refractivity contribution in [2.75, 3.05) is 26.8 Å². The third kappa shape index (κ3) is 4.80. The maximum absolute atomic E-state index is 13.1. The van der Waals surface area contributed by atoms with Crippen LogP contribution in [0.25, 0.3) is 22.1 Å². The van der Waals surface area contributed by atoms with E-state index in [1.165, 1.54) is 30.0 Å². The van der Waals surface area contributed by atoms with Gasteiger partial charge in [0.25, 0.3) is 11.8 Å². The number of carbonyl (C=O) groups excluding carboxylic acids is 2. The van der Waals surface area contributed by atoms with Crippen LogP contribution in [-0.4, -0.2) is 74.1 Å². The van der Waals surface area contributed by atoms with Crippen molar-refractivity contribution in [2.24, 2.45) is 5.73 Å². The molecule has 5 rings (SSSR count). The van der Waals surface area contributed by atoms with E-state index in [9.17, 15) is 18.4 Å². The summed E-state index contributed by atoms with van der Waals surface area (Å²) in [5.74, 6) is -3.28. The molecule has 0 aliphatic carbocycles. The minimum atomic E-state index is -2.84. The average molecular weight is 509 g/mol. The van der Waals surface area contributed by atoms with E-state index >= 15 is 0 Å². The Bertz CT molecular complexity index is 1530. The summed E-state index contributed by atoms with van der Waals surface area (Å²) in [6.07, 6.45) is 2.53. The second-order valence-corrected chi connectivity index (χ2v) is 8.45. The summed E-state index contributed by atoms with van der Waals surface area (Å²) in [5, 5.41) is 14.1. The Kier molecular flexibility index (Phi) is 6.21. The molecule has 3 aromatic heterocycles. The van der Waals surface area contributed by atoms with Gasteiger partial charge < -0.3 is 20.1 Å². The minimum Gasteiger partial charge on any atom is -0.470 e. The number of ether oxygens (including phenoxy) is 2. The van der Waals surface area contributed by atoms with E-state index in [0.717, 1.165) is 4.90 Å². The molecule has 0 saturated carbocycles. The smallest absolute Gasteiger partial charge is 0.282 e. The van der Waals surface area contributed by atoms with Crippen LogP contribution in [0.3, 0.4) is 0 Å². The zero-order chi connectivity index (χ0) is 26.2.